The Morgan fingerprint density at radius 1 is 1.29 bits per heavy atom. The minimum Gasteiger partial charge on any atom is -0.269 e. The topological polar surface area (TPSA) is 63.8 Å². The highest BCUT2D eigenvalue weighted by Crippen LogP contribution is 2.69. The van der Waals surface area contributed by atoms with Gasteiger partial charge < -0.3 is 0 Å². The summed E-state index contributed by atoms with van der Waals surface area (Å²) >= 11 is 0. The van der Waals surface area contributed by atoms with Gasteiger partial charge in [-0.1, -0.05) is 0 Å². The number of aryl methyl sites for hydroxylation is 1. The first-order chi connectivity index (χ1) is 12.9. The maximum absolute atomic E-state index is 14.1. The molecular weight excluding hydrogens is 377 g/mol. The summed E-state index contributed by atoms with van der Waals surface area (Å²) in [5.41, 5.74) is 2.48. The van der Waals surface area contributed by atoms with Crippen LogP contribution in [0, 0.1) is 13.8 Å². The van der Waals surface area contributed by atoms with E-state index in [1.54, 1.807) is 24.4 Å². The van der Waals surface area contributed by atoms with Crippen LogP contribution in [0.15, 0.2) is 21.5 Å². The van der Waals surface area contributed by atoms with Gasteiger partial charge in [0.25, 0.3) is 5.56 Å². The third kappa shape index (κ3) is 2.78. The Kier molecular flexibility index (Phi) is 4.03. The molecule has 28 heavy (non-hydrogen) atoms. The molecule has 2 aromatic rings. The van der Waals surface area contributed by atoms with Crippen LogP contribution in [0.5, 0.6) is 0 Å². The molecular formula is C21H26FN3O2S. The van der Waals surface area contributed by atoms with Crippen molar-refractivity contribution in [2.75, 3.05) is 0 Å². The fourth-order valence-electron chi connectivity index (χ4n) is 4.47. The molecule has 5 rings (SSSR count). The molecule has 0 unspecified atom stereocenters. The van der Waals surface area contributed by atoms with E-state index in [0.717, 1.165) is 5.56 Å². The van der Waals surface area contributed by atoms with Gasteiger partial charge in [0.15, 0.2) is 0 Å². The number of fused-ring (bicyclic) bond motifs is 1. The third-order valence-corrected chi connectivity index (χ3v) is 7.38. The molecule has 2 aromatic heterocycles. The van der Waals surface area contributed by atoms with Gasteiger partial charge in [-0.3, -0.25) is 9.20 Å². The van der Waals surface area contributed by atoms with Gasteiger partial charge in [-0.2, -0.15) is 4.40 Å². The van der Waals surface area contributed by atoms with E-state index in [4.69, 9.17) is 4.98 Å². The van der Waals surface area contributed by atoms with Gasteiger partial charge in [-0.25, -0.2) is 13.6 Å². The first-order valence-electron chi connectivity index (χ1n) is 9.56. The lowest BCUT2D eigenvalue weighted by Gasteiger charge is -2.65. The van der Waals surface area contributed by atoms with Crippen molar-refractivity contribution in [3.63, 3.8) is 0 Å². The molecule has 3 aliphatic rings. The summed E-state index contributed by atoms with van der Waals surface area (Å²) in [6.45, 7) is 11.1. The van der Waals surface area contributed by atoms with Gasteiger partial charge in [-0.15, -0.1) is 0 Å². The first kappa shape index (κ1) is 19.4. The fraction of sp³-hybridized carbons (Fsp3) is 0.571. The summed E-state index contributed by atoms with van der Waals surface area (Å²) in [5.74, 6) is 0. The second kappa shape index (κ2) is 5.81. The van der Waals surface area contributed by atoms with Crippen molar-refractivity contribution in [2.24, 2.45) is 4.40 Å². The molecule has 3 fully saturated rings. The van der Waals surface area contributed by atoms with Crippen molar-refractivity contribution >= 4 is 22.3 Å². The molecule has 3 saturated carbocycles. The summed E-state index contributed by atoms with van der Waals surface area (Å²) in [6.07, 6.45) is 3.11. The lowest BCUT2D eigenvalue weighted by Crippen LogP contribution is -2.67. The van der Waals surface area contributed by atoms with Crippen LogP contribution in [-0.2, 0) is 16.4 Å². The highest BCUT2D eigenvalue weighted by molar-refractivity contribution is 7.85. The zero-order valence-electron chi connectivity index (χ0n) is 17.2. The van der Waals surface area contributed by atoms with Crippen molar-refractivity contribution in [1.29, 1.82) is 0 Å². The second-order valence-electron chi connectivity index (χ2n) is 9.52. The van der Waals surface area contributed by atoms with E-state index in [9.17, 15) is 13.4 Å². The Hall–Kier alpha value is -1.89. The van der Waals surface area contributed by atoms with Gasteiger partial charge >= 0.3 is 0 Å². The highest BCUT2D eigenvalue weighted by atomic mass is 32.2. The smallest absolute Gasteiger partial charge is 0.261 e. The highest BCUT2D eigenvalue weighted by Gasteiger charge is 2.71. The Balaban J connectivity index is 1.92. The molecule has 0 amide bonds. The van der Waals surface area contributed by atoms with E-state index in [-0.39, 0.29) is 11.0 Å². The van der Waals surface area contributed by atoms with E-state index >= 15 is 0 Å². The number of pyridine rings is 1. The number of halogens is 1. The minimum absolute atomic E-state index is 0.132. The van der Waals surface area contributed by atoms with E-state index in [0.29, 0.717) is 47.4 Å². The summed E-state index contributed by atoms with van der Waals surface area (Å²) in [5, 5.41) is 0. The predicted octanol–water partition coefficient (Wildman–Crippen LogP) is 3.73. The van der Waals surface area contributed by atoms with Gasteiger partial charge in [0, 0.05) is 22.7 Å². The van der Waals surface area contributed by atoms with Crippen molar-refractivity contribution < 1.29 is 8.60 Å². The summed E-state index contributed by atoms with van der Waals surface area (Å²) in [6, 6.07) is 1.91. The molecule has 0 radical (unpaired) electrons. The molecule has 0 aliphatic heterocycles. The zero-order valence-corrected chi connectivity index (χ0v) is 18.0. The van der Waals surface area contributed by atoms with E-state index < -0.39 is 21.4 Å². The minimum atomic E-state index is -1.41. The molecule has 2 heterocycles. The van der Waals surface area contributed by atoms with Crippen LogP contribution < -0.4 is 5.56 Å². The Labute approximate surface area is 166 Å². The SMILES string of the molecule is C/C(=N/[S@](=O)C(C)(C)C)c1cc(C)cn2c(=O)c(C)c(C34CC(F)(C3)C4)nc12. The van der Waals surface area contributed by atoms with Gasteiger partial charge in [0.2, 0.25) is 0 Å². The Morgan fingerprint density at radius 2 is 1.89 bits per heavy atom. The van der Waals surface area contributed by atoms with Crippen LogP contribution in [0.4, 0.5) is 4.39 Å². The first-order valence-corrected chi connectivity index (χ1v) is 10.7. The zero-order chi connectivity index (χ0) is 20.6. The standard InChI is InChI=1S/C21H26FN3O2S/c1-12-7-15(14(3)24-28(27)19(4,5)6)17-23-16(13(2)18(26)25(17)8-12)20-9-21(22,10-20)11-20/h7-8H,9-11H2,1-6H3/b24-14-/t20?,21?,28-/m1/s1. The molecule has 1 atom stereocenters. The molecule has 150 valence electrons. The Bertz CT molecular complexity index is 1110. The quantitative estimate of drug-likeness (QED) is 0.734. The second-order valence-corrected chi connectivity index (χ2v) is 11.4. The molecule has 0 spiro atoms. The summed E-state index contributed by atoms with van der Waals surface area (Å²) in [7, 11) is -1.41. The average Bonchev–Trinajstić information content (AvgIpc) is 2.53. The number of hydrogen-bond donors (Lipinski definition) is 0. The summed E-state index contributed by atoms with van der Waals surface area (Å²) < 4.78 is 32.1. The molecule has 0 N–H and O–H groups in total. The number of rotatable bonds is 3. The van der Waals surface area contributed by atoms with Gasteiger partial charge in [0.05, 0.1) is 16.2 Å². The van der Waals surface area contributed by atoms with Crippen LogP contribution in [0.3, 0.4) is 0 Å². The monoisotopic (exact) mass is 403 g/mol. The van der Waals surface area contributed by atoms with Crippen LogP contribution in [0.1, 0.15) is 69.3 Å². The van der Waals surface area contributed by atoms with Crippen molar-refractivity contribution in [2.45, 2.75) is 76.6 Å². The van der Waals surface area contributed by atoms with Crippen LogP contribution in [0.2, 0.25) is 0 Å². The maximum Gasteiger partial charge on any atom is 0.261 e. The maximum atomic E-state index is 14.1. The fourth-order valence-corrected chi connectivity index (χ4v) is 5.09. The number of nitrogens with zero attached hydrogens (tertiary/aromatic N) is 3. The van der Waals surface area contributed by atoms with Crippen molar-refractivity contribution in [1.82, 2.24) is 9.38 Å². The molecule has 0 saturated heterocycles. The van der Waals surface area contributed by atoms with Gasteiger partial charge in [-0.05, 0) is 72.4 Å². The van der Waals surface area contributed by atoms with Crippen LogP contribution in [-0.4, -0.2) is 29.7 Å². The normalized spacial score (nSPS) is 28.0. The van der Waals surface area contributed by atoms with Crippen LogP contribution in [0.25, 0.3) is 5.65 Å². The van der Waals surface area contributed by atoms with Crippen molar-refractivity contribution in [3.8, 4) is 0 Å². The summed E-state index contributed by atoms with van der Waals surface area (Å²) in [4.78, 5) is 17.9. The predicted molar refractivity (Wildman–Crippen MR) is 110 cm³/mol. The average molecular weight is 404 g/mol. The van der Waals surface area contributed by atoms with E-state index in [1.807, 2.05) is 33.8 Å². The lowest BCUT2D eigenvalue weighted by atomic mass is 9.41. The molecule has 7 heteroatoms. The van der Waals surface area contributed by atoms with Crippen molar-refractivity contribution in [3.05, 3.63) is 45.0 Å². The van der Waals surface area contributed by atoms with E-state index in [2.05, 4.69) is 4.40 Å². The number of hydrogen-bond acceptors (Lipinski definition) is 3. The molecule has 5 nitrogen and oxygen atoms in total. The molecule has 3 aliphatic carbocycles. The largest absolute Gasteiger partial charge is 0.269 e. The molecule has 0 aromatic carbocycles. The number of aromatic nitrogens is 2. The Morgan fingerprint density at radius 3 is 2.43 bits per heavy atom. The van der Waals surface area contributed by atoms with Crippen LogP contribution >= 0.6 is 0 Å². The third-order valence-electron chi connectivity index (χ3n) is 5.89. The van der Waals surface area contributed by atoms with E-state index in [1.165, 1.54) is 0 Å². The lowest BCUT2D eigenvalue weighted by molar-refractivity contribution is -0.160. The number of alkyl halides is 1. The molecule has 2 bridgehead atoms. The van der Waals surface area contributed by atoms with Gasteiger partial charge in [0.1, 0.15) is 22.3 Å².